The predicted molar refractivity (Wildman–Crippen MR) is 77.9 cm³/mol. The molecule has 1 saturated carbocycles. The van der Waals surface area contributed by atoms with Gasteiger partial charge in [-0.15, -0.1) is 0 Å². The smallest absolute Gasteiger partial charge is 0.282 e. The van der Waals surface area contributed by atoms with Crippen LogP contribution in [0, 0.1) is 13.7 Å². The van der Waals surface area contributed by atoms with Gasteiger partial charge >= 0.3 is 0 Å². The summed E-state index contributed by atoms with van der Waals surface area (Å²) >= 11 is 1.98. The predicted octanol–water partition coefficient (Wildman–Crippen LogP) is 3.18. The van der Waals surface area contributed by atoms with Gasteiger partial charge in [-0.2, -0.15) is 0 Å². The molecule has 0 saturated heterocycles. The van der Waals surface area contributed by atoms with E-state index >= 15 is 0 Å². The minimum absolute atomic E-state index is 0.0484. The summed E-state index contributed by atoms with van der Waals surface area (Å²) in [6, 6.07) is 5.06. The zero-order valence-corrected chi connectivity index (χ0v) is 12.3. The number of methoxy groups -OCH3 is 1. The van der Waals surface area contributed by atoms with Crippen LogP contribution in [-0.2, 0) is 4.74 Å². The van der Waals surface area contributed by atoms with Crippen molar-refractivity contribution in [3.8, 4) is 0 Å². The number of nitrogens with zero attached hydrogens (tertiary/aromatic N) is 1. The van der Waals surface area contributed by atoms with Crippen molar-refractivity contribution >= 4 is 34.0 Å². The molecule has 0 unspecified atom stereocenters. The lowest BCUT2D eigenvalue weighted by Gasteiger charge is -2.40. The monoisotopic (exact) mass is 362 g/mol. The highest BCUT2D eigenvalue weighted by Crippen LogP contribution is 2.35. The Morgan fingerprint density at radius 3 is 2.72 bits per heavy atom. The highest BCUT2D eigenvalue weighted by Gasteiger charge is 2.36. The molecule has 5 nitrogen and oxygen atoms in total. The Kier molecular flexibility index (Phi) is 4.06. The van der Waals surface area contributed by atoms with Crippen LogP contribution in [0.1, 0.15) is 19.3 Å². The maximum atomic E-state index is 10.7. The van der Waals surface area contributed by atoms with Crippen LogP contribution in [0.15, 0.2) is 18.2 Å². The first kappa shape index (κ1) is 13.5. The molecular weight excluding hydrogens is 347 g/mol. The van der Waals surface area contributed by atoms with Gasteiger partial charge in [0.2, 0.25) is 0 Å². The minimum Gasteiger partial charge on any atom is -0.382 e. The molecule has 1 fully saturated rings. The van der Waals surface area contributed by atoms with Gasteiger partial charge in [0.05, 0.1) is 14.1 Å². The van der Waals surface area contributed by atoms with E-state index in [1.807, 2.05) is 22.6 Å². The fraction of sp³-hybridized carbons (Fsp3) is 0.500. The topological polar surface area (TPSA) is 64.4 Å². The second-order valence-electron chi connectivity index (χ2n) is 4.52. The number of hydrogen-bond acceptors (Lipinski definition) is 4. The first-order valence-electron chi connectivity index (χ1n) is 5.79. The summed E-state index contributed by atoms with van der Waals surface area (Å²) in [5.41, 5.74) is 0.993. The van der Waals surface area contributed by atoms with Gasteiger partial charge in [0.25, 0.3) is 5.69 Å². The van der Waals surface area contributed by atoms with Crippen LogP contribution in [0.25, 0.3) is 0 Å². The molecule has 0 aliphatic heterocycles. The van der Waals surface area contributed by atoms with Crippen LogP contribution in [0.4, 0.5) is 11.4 Å². The first-order chi connectivity index (χ1) is 8.56. The van der Waals surface area contributed by atoms with Crippen molar-refractivity contribution in [3.05, 3.63) is 31.9 Å². The van der Waals surface area contributed by atoms with Crippen LogP contribution < -0.4 is 5.32 Å². The Labute approximate surface area is 119 Å². The molecule has 1 aromatic rings. The number of nitrogens with one attached hydrogen (secondary N) is 1. The fourth-order valence-corrected chi connectivity index (χ4v) is 2.76. The van der Waals surface area contributed by atoms with Gasteiger partial charge in [-0.3, -0.25) is 10.1 Å². The van der Waals surface area contributed by atoms with Crippen LogP contribution >= 0.6 is 22.6 Å². The first-order valence-corrected chi connectivity index (χ1v) is 6.87. The average molecular weight is 362 g/mol. The maximum absolute atomic E-state index is 10.7. The third-order valence-electron chi connectivity index (χ3n) is 3.46. The number of nitro groups is 1. The molecule has 0 aromatic heterocycles. The summed E-state index contributed by atoms with van der Waals surface area (Å²) in [6.07, 6.45) is 3.34. The molecule has 1 N–H and O–H groups in total. The van der Waals surface area contributed by atoms with Gasteiger partial charge in [-0.25, -0.2) is 0 Å². The standard InChI is InChI=1S/C12H15IN2O3/c1-18-12(5-2-6-12)8-14-9-3-4-11(15(16)17)10(13)7-9/h3-4,7,14H,2,5-6,8H2,1H3. The molecule has 1 aromatic carbocycles. The summed E-state index contributed by atoms with van der Waals surface area (Å²) in [5.74, 6) is 0. The van der Waals surface area contributed by atoms with Crippen molar-refractivity contribution in [2.75, 3.05) is 19.0 Å². The quantitative estimate of drug-likeness (QED) is 0.497. The number of ether oxygens (including phenoxy) is 1. The molecule has 98 valence electrons. The molecule has 1 aliphatic carbocycles. The lowest BCUT2D eigenvalue weighted by atomic mass is 9.80. The van der Waals surface area contributed by atoms with Gasteiger partial charge in [0, 0.05) is 25.4 Å². The fourth-order valence-electron chi connectivity index (χ4n) is 2.05. The molecule has 6 heteroatoms. The lowest BCUT2D eigenvalue weighted by Crippen LogP contribution is -2.45. The van der Waals surface area contributed by atoms with Crippen molar-refractivity contribution in [1.82, 2.24) is 0 Å². The Morgan fingerprint density at radius 1 is 1.56 bits per heavy atom. The average Bonchev–Trinajstić information content (AvgIpc) is 2.27. The highest BCUT2D eigenvalue weighted by atomic mass is 127. The Hall–Kier alpha value is -0.890. The summed E-state index contributed by atoms with van der Waals surface area (Å²) < 4.78 is 6.16. The van der Waals surface area contributed by atoms with E-state index in [1.165, 1.54) is 12.5 Å². The number of benzene rings is 1. The molecule has 2 rings (SSSR count). The molecule has 18 heavy (non-hydrogen) atoms. The number of nitro benzene ring substituents is 1. The molecule has 0 bridgehead atoms. The minimum atomic E-state index is -0.367. The normalized spacial score (nSPS) is 17.0. The molecule has 0 spiro atoms. The SMILES string of the molecule is COC1(CNc2ccc([N+](=O)[O-])c(I)c2)CCC1. The van der Waals surface area contributed by atoms with Gasteiger partial charge in [0.1, 0.15) is 0 Å². The molecule has 1 aliphatic rings. The van der Waals surface area contributed by atoms with E-state index in [0.717, 1.165) is 25.1 Å². The van der Waals surface area contributed by atoms with Crippen LogP contribution in [0.5, 0.6) is 0 Å². The number of hydrogen-bond donors (Lipinski definition) is 1. The van der Waals surface area contributed by atoms with E-state index in [1.54, 1.807) is 19.2 Å². The summed E-state index contributed by atoms with van der Waals surface area (Å²) in [5, 5.41) is 14.0. The Bertz CT molecular complexity index is 455. The Morgan fingerprint density at radius 2 is 2.28 bits per heavy atom. The summed E-state index contributed by atoms with van der Waals surface area (Å²) in [7, 11) is 1.74. The van der Waals surface area contributed by atoms with Gasteiger partial charge in [-0.05, 0) is 54.0 Å². The van der Waals surface area contributed by atoms with Crippen molar-refractivity contribution in [2.24, 2.45) is 0 Å². The number of anilines is 1. The number of rotatable bonds is 5. The van der Waals surface area contributed by atoms with Crippen molar-refractivity contribution in [2.45, 2.75) is 24.9 Å². The van der Waals surface area contributed by atoms with Crippen LogP contribution in [-0.4, -0.2) is 24.2 Å². The van der Waals surface area contributed by atoms with Gasteiger partial charge in [0.15, 0.2) is 0 Å². The molecule has 0 radical (unpaired) electrons. The maximum Gasteiger partial charge on any atom is 0.282 e. The largest absolute Gasteiger partial charge is 0.382 e. The van der Waals surface area contributed by atoms with E-state index < -0.39 is 0 Å². The lowest BCUT2D eigenvalue weighted by molar-refractivity contribution is -0.385. The van der Waals surface area contributed by atoms with Crippen molar-refractivity contribution in [3.63, 3.8) is 0 Å². The summed E-state index contributed by atoms with van der Waals surface area (Å²) in [6.45, 7) is 0.747. The Balaban J connectivity index is 2.02. The molecule has 0 heterocycles. The molecular formula is C12H15IN2O3. The van der Waals surface area contributed by atoms with E-state index in [4.69, 9.17) is 4.74 Å². The number of halogens is 1. The molecule has 0 atom stereocenters. The van der Waals surface area contributed by atoms with Gasteiger partial charge < -0.3 is 10.1 Å². The van der Waals surface area contributed by atoms with Gasteiger partial charge in [-0.1, -0.05) is 0 Å². The zero-order chi connectivity index (χ0) is 13.2. The van der Waals surface area contributed by atoms with Crippen LogP contribution in [0.3, 0.4) is 0 Å². The third-order valence-corrected chi connectivity index (χ3v) is 4.32. The third kappa shape index (κ3) is 2.74. The van der Waals surface area contributed by atoms with E-state index in [-0.39, 0.29) is 16.2 Å². The zero-order valence-electron chi connectivity index (χ0n) is 10.1. The van der Waals surface area contributed by atoms with E-state index in [9.17, 15) is 10.1 Å². The van der Waals surface area contributed by atoms with E-state index in [2.05, 4.69) is 5.32 Å². The van der Waals surface area contributed by atoms with Crippen molar-refractivity contribution in [1.29, 1.82) is 0 Å². The second kappa shape index (κ2) is 5.40. The highest BCUT2D eigenvalue weighted by molar-refractivity contribution is 14.1. The van der Waals surface area contributed by atoms with Crippen LogP contribution in [0.2, 0.25) is 0 Å². The molecule has 0 amide bonds. The van der Waals surface area contributed by atoms with Crippen molar-refractivity contribution < 1.29 is 9.66 Å². The summed E-state index contributed by atoms with van der Waals surface area (Å²) in [4.78, 5) is 10.3. The second-order valence-corrected chi connectivity index (χ2v) is 5.68. The van der Waals surface area contributed by atoms with E-state index in [0.29, 0.717) is 3.57 Å².